The molecule has 0 unspecified atom stereocenters. The standard InChI is InChI=1S/C24H27F2N3O3S/c1-33(2,3)15-6-4-13(5-7-15)21-16(17-10-14(25)11-18(26)22(17)29-21)8-9-20(31)28-23-19(30)12-27-24(23)32/h4-7,10-11,19,23,29-30H,8-9,12H2,1-3H3,(H,27,32)(H,28,31)/t19-,23+/m1/s1. The average Bonchev–Trinajstić information content (AvgIpc) is 3.27. The van der Waals surface area contributed by atoms with E-state index in [2.05, 4.69) is 34.4 Å². The Morgan fingerprint density at radius 3 is 2.48 bits per heavy atom. The lowest BCUT2D eigenvalue weighted by molar-refractivity contribution is -0.128. The van der Waals surface area contributed by atoms with E-state index in [1.165, 1.54) is 11.0 Å². The van der Waals surface area contributed by atoms with Gasteiger partial charge in [0.1, 0.15) is 23.8 Å². The highest BCUT2D eigenvalue weighted by molar-refractivity contribution is 8.32. The maximum atomic E-state index is 14.5. The number of rotatable bonds is 6. The summed E-state index contributed by atoms with van der Waals surface area (Å²) in [5.41, 5.74) is 2.22. The quantitative estimate of drug-likeness (QED) is 0.441. The van der Waals surface area contributed by atoms with Gasteiger partial charge >= 0.3 is 0 Å². The van der Waals surface area contributed by atoms with Crippen molar-refractivity contribution in [2.75, 3.05) is 25.3 Å². The molecule has 2 atom stereocenters. The van der Waals surface area contributed by atoms with Crippen molar-refractivity contribution in [3.05, 3.63) is 53.6 Å². The van der Waals surface area contributed by atoms with Gasteiger partial charge in [-0.05, 0) is 59.4 Å². The second-order valence-electron chi connectivity index (χ2n) is 9.01. The summed E-state index contributed by atoms with van der Waals surface area (Å²) in [7, 11) is -0.917. The first kappa shape index (κ1) is 23.3. The molecule has 6 nitrogen and oxygen atoms in total. The number of fused-ring (bicyclic) bond motifs is 1. The molecule has 1 fully saturated rings. The Morgan fingerprint density at radius 2 is 1.88 bits per heavy atom. The molecule has 33 heavy (non-hydrogen) atoms. The SMILES string of the molecule is CS(C)(C)c1ccc(-c2[nH]c3c(F)cc(F)cc3c2CCC(=O)N[C@@H]2C(=O)NC[C@H]2O)cc1. The van der Waals surface area contributed by atoms with Crippen LogP contribution in [0.1, 0.15) is 12.0 Å². The summed E-state index contributed by atoms with van der Waals surface area (Å²) in [6.07, 6.45) is 5.76. The molecule has 0 bridgehead atoms. The molecule has 1 aliphatic heterocycles. The van der Waals surface area contributed by atoms with Gasteiger partial charge in [-0.25, -0.2) is 18.8 Å². The zero-order valence-corrected chi connectivity index (χ0v) is 19.5. The van der Waals surface area contributed by atoms with Crippen LogP contribution in [0.2, 0.25) is 0 Å². The van der Waals surface area contributed by atoms with Crippen LogP contribution in [0.4, 0.5) is 8.78 Å². The van der Waals surface area contributed by atoms with Crippen molar-refractivity contribution in [3.8, 4) is 11.3 Å². The Labute approximate surface area is 192 Å². The smallest absolute Gasteiger partial charge is 0.245 e. The van der Waals surface area contributed by atoms with Gasteiger partial charge in [0.15, 0.2) is 0 Å². The van der Waals surface area contributed by atoms with E-state index in [1.54, 1.807) is 0 Å². The number of hydrogen-bond acceptors (Lipinski definition) is 3. The molecule has 2 aromatic carbocycles. The fraction of sp³-hybridized carbons (Fsp3) is 0.333. The zero-order valence-electron chi connectivity index (χ0n) is 18.7. The van der Waals surface area contributed by atoms with Gasteiger partial charge in [-0.15, -0.1) is 0 Å². The minimum Gasteiger partial charge on any atom is -0.389 e. The molecule has 0 aliphatic carbocycles. The molecular formula is C24H27F2N3O3S. The highest BCUT2D eigenvalue weighted by atomic mass is 32.3. The van der Waals surface area contributed by atoms with E-state index in [9.17, 15) is 23.5 Å². The molecule has 1 aromatic heterocycles. The van der Waals surface area contributed by atoms with Crippen molar-refractivity contribution < 1.29 is 23.5 Å². The molecule has 0 radical (unpaired) electrons. The lowest BCUT2D eigenvalue weighted by Crippen LogP contribution is -2.45. The Bertz CT molecular complexity index is 1220. The molecule has 0 saturated carbocycles. The number of aliphatic hydroxyl groups excluding tert-OH is 1. The molecule has 2 heterocycles. The third kappa shape index (κ3) is 4.74. The third-order valence-corrected chi connectivity index (χ3v) is 7.54. The molecule has 2 amide bonds. The van der Waals surface area contributed by atoms with Crippen molar-refractivity contribution in [1.29, 1.82) is 0 Å². The topological polar surface area (TPSA) is 94.2 Å². The summed E-state index contributed by atoms with van der Waals surface area (Å²) in [4.78, 5) is 28.6. The van der Waals surface area contributed by atoms with Crippen molar-refractivity contribution in [1.82, 2.24) is 15.6 Å². The summed E-state index contributed by atoms with van der Waals surface area (Å²) in [5, 5.41) is 15.2. The van der Waals surface area contributed by atoms with Crippen LogP contribution >= 0.6 is 10.0 Å². The highest BCUT2D eigenvalue weighted by Crippen LogP contribution is 2.45. The van der Waals surface area contributed by atoms with E-state index in [4.69, 9.17) is 0 Å². The van der Waals surface area contributed by atoms with Crippen molar-refractivity contribution >= 4 is 32.7 Å². The van der Waals surface area contributed by atoms with Crippen LogP contribution in [0.3, 0.4) is 0 Å². The predicted molar refractivity (Wildman–Crippen MR) is 127 cm³/mol. The first-order valence-electron chi connectivity index (χ1n) is 10.6. The van der Waals surface area contributed by atoms with E-state index in [0.29, 0.717) is 16.6 Å². The summed E-state index contributed by atoms with van der Waals surface area (Å²) in [6.45, 7) is 0.0845. The van der Waals surface area contributed by atoms with E-state index in [0.717, 1.165) is 11.6 Å². The van der Waals surface area contributed by atoms with Gasteiger partial charge in [0.05, 0.1) is 5.52 Å². The largest absolute Gasteiger partial charge is 0.389 e. The molecule has 1 aliphatic rings. The number of nitrogens with one attached hydrogen (secondary N) is 3. The lowest BCUT2D eigenvalue weighted by Gasteiger charge is -2.25. The highest BCUT2D eigenvalue weighted by Gasteiger charge is 2.34. The van der Waals surface area contributed by atoms with Crippen LogP contribution in [0.5, 0.6) is 0 Å². The van der Waals surface area contributed by atoms with Crippen LogP contribution in [0.15, 0.2) is 41.3 Å². The third-order valence-electron chi connectivity index (χ3n) is 5.85. The maximum absolute atomic E-state index is 14.5. The summed E-state index contributed by atoms with van der Waals surface area (Å²) >= 11 is 0. The van der Waals surface area contributed by atoms with Crippen LogP contribution in [-0.4, -0.2) is 59.4 Å². The van der Waals surface area contributed by atoms with E-state index in [1.807, 2.05) is 24.3 Å². The number of H-pyrrole nitrogens is 1. The first-order chi connectivity index (χ1) is 15.5. The molecule has 4 rings (SSSR count). The number of halogens is 2. The number of benzene rings is 2. The van der Waals surface area contributed by atoms with Gasteiger partial charge in [0, 0.05) is 30.1 Å². The van der Waals surface area contributed by atoms with Crippen molar-refractivity contribution in [3.63, 3.8) is 0 Å². The fourth-order valence-electron chi connectivity index (χ4n) is 4.06. The minimum atomic E-state index is -0.998. The van der Waals surface area contributed by atoms with Gasteiger partial charge in [-0.3, -0.25) is 9.59 Å². The fourth-order valence-corrected chi connectivity index (χ4v) is 5.02. The Morgan fingerprint density at radius 1 is 1.18 bits per heavy atom. The Balaban J connectivity index is 1.66. The second kappa shape index (κ2) is 8.79. The van der Waals surface area contributed by atoms with Gasteiger partial charge in [0.2, 0.25) is 11.8 Å². The number of carbonyl (C=O) groups is 2. The monoisotopic (exact) mass is 475 g/mol. The molecule has 1 saturated heterocycles. The number of aliphatic hydroxyl groups is 1. The number of β-amino-alcohol motifs (C(OH)–C–C–N with tert-alkyl or cyclic N) is 1. The lowest BCUT2D eigenvalue weighted by atomic mass is 10.0. The van der Waals surface area contributed by atoms with Gasteiger partial charge in [-0.2, -0.15) is 0 Å². The van der Waals surface area contributed by atoms with E-state index >= 15 is 0 Å². The number of carbonyl (C=O) groups excluding carboxylic acids is 2. The minimum absolute atomic E-state index is 0.0151. The van der Waals surface area contributed by atoms with Gasteiger partial charge in [-0.1, -0.05) is 12.1 Å². The number of amides is 2. The molecule has 3 aromatic rings. The number of hydrogen-bond donors (Lipinski definition) is 4. The molecule has 9 heteroatoms. The number of aromatic nitrogens is 1. The normalized spacial score (nSPS) is 19.0. The van der Waals surface area contributed by atoms with Crippen LogP contribution in [0, 0.1) is 11.6 Å². The van der Waals surface area contributed by atoms with Crippen molar-refractivity contribution in [2.24, 2.45) is 0 Å². The number of aryl methyl sites for hydroxylation is 1. The van der Waals surface area contributed by atoms with Gasteiger partial charge < -0.3 is 20.7 Å². The molecule has 4 N–H and O–H groups in total. The zero-order chi connectivity index (χ0) is 23.9. The summed E-state index contributed by atoms with van der Waals surface area (Å²) in [5.74, 6) is -2.27. The van der Waals surface area contributed by atoms with Gasteiger partial charge in [0.25, 0.3) is 0 Å². The van der Waals surface area contributed by atoms with Crippen LogP contribution in [0.25, 0.3) is 22.2 Å². The molecular weight excluding hydrogens is 448 g/mol. The molecule has 0 spiro atoms. The summed E-state index contributed by atoms with van der Waals surface area (Å²) in [6, 6.07) is 9.03. The van der Waals surface area contributed by atoms with Crippen LogP contribution in [-0.2, 0) is 16.0 Å². The maximum Gasteiger partial charge on any atom is 0.245 e. The van der Waals surface area contributed by atoms with Crippen LogP contribution < -0.4 is 10.6 Å². The number of aromatic amines is 1. The average molecular weight is 476 g/mol. The van der Waals surface area contributed by atoms with E-state index < -0.39 is 45.6 Å². The Hall–Kier alpha value is -2.91. The first-order valence-corrected chi connectivity index (χ1v) is 13.4. The Kier molecular flexibility index (Phi) is 6.20. The van der Waals surface area contributed by atoms with E-state index in [-0.39, 0.29) is 24.9 Å². The predicted octanol–water partition coefficient (Wildman–Crippen LogP) is 3.07. The summed E-state index contributed by atoms with van der Waals surface area (Å²) < 4.78 is 28.5. The van der Waals surface area contributed by atoms with Crippen molar-refractivity contribution in [2.45, 2.75) is 29.9 Å². The molecule has 176 valence electrons. The second-order valence-corrected chi connectivity index (χ2v) is 13.2.